The Bertz CT molecular complexity index is 392. The van der Waals surface area contributed by atoms with Crippen LogP contribution in [0.5, 0.6) is 5.75 Å². The highest BCUT2D eigenvalue weighted by Gasteiger charge is 2.18. The number of aromatic hydroxyl groups is 1. The highest BCUT2D eigenvalue weighted by Crippen LogP contribution is 2.24. The Morgan fingerprint density at radius 1 is 1.47 bits per heavy atom. The van der Waals surface area contributed by atoms with Crippen molar-refractivity contribution in [2.45, 2.75) is 33.2 Å². The van der Waals surface area contributed by atoms with Gasteiger partial charge in [0.25, 0.3) is 0 Å². The van der Waals surface area contributed by atoms with Crippen LogP contribution in [-0.4, -0.2) is 23.7 Å². The third-order valence-corrected chi connectivity index (χ3v) is 2.61. The summed E-state index contributed by atoms with van der Waals surface area (Å²) in [5.74, 6) is -0.255. The predicted octanol–water partition coefficient (Wildman–Crippen LogP) is 1.44. The molecule has 1 aromatic carbocycles. The SMILES string of the molecule is CCOC(=O)C(N)Cc1c(C)cc(C)cc1O. The fraction of sp³-hybridized carbons (Fsp3) is 0.462. The second-order valence-corrected chi connectivity index (χ2v) is 4.14. The summed E-state index contributed by atoms with van der Waals surface area (Å²) in [5, 5.41) is 9.83. The molecule has 0 bridgehead atoms. The van der Waals surface area contributed by atoms with E-state index in [2.05, 4.69) is 0 Å². The smallest absolute Gasteiger partial charge is 0.323 e. The van der Waals surface area contributed by atoms with Crippen molar-refractivity contribution < 1.29 is 14.6 Å². The summed E-state index contributed by atoms with van der Waals surface area (Å²) in [6.45, 7) is 5.84. The van der Waals surface area contributed by atoms with Crippen LogP contribution in [0.4, 0.5) is 0 Å². The molecule has 1 aromatic rings. The molecule has 17 heavy (non-hydrogen) atoms. The van der Waals surface area contributed by atoms with Crippen molar-refractivity contribution in [3.8, 4) is 5.75 Å². The monoisotopic (exact) mass is 237 g/mol. The Hall–Kier alpha value is -1.55. The van der Waals surface area contributed by atoms with Crippen molar-refractivity contribution >= 4 is 5.97 Å². The quantitative estimate of drug-likeness (QED) is 0.777. The molecule has 94 valence electrons. The van der Waals surface area contributed by atoms with E-state index < -0.39 is 12.0 Å². The molecule has 0 saturated heterocycles. The first-order valence-corrected chi connectivity index (χ1v) is 5.67. The van der Waals surface area contributed by atoms with E-state index in [1.807, 2.05) is 19.9 Å². The molecule has 0 spiro atoms. The van der Waals surface area contributed by atoms with Crippen molar-refractivity contribution in [3.05, 3.63) is 28.8 Å². The van der Waals surface area contributed by atoms with Gasteiger partial charge in [-0.15, -0.1) is 0 Å². The average molecular weight is 237 g/mol. The fourth-order valence-corrected chi connectivity index (χ4v) is 1.79. The second kappa shape index (κ2) is 5.68. The molecule has 0 amide bonds. The average Bonchev–Trinajstić information content (AvgIpc) is 2.23. The number of hydrogen-bond donors (Lipinski definition) is 2. The maximum atomic E-state index is 11.4. The van der Waals surface area contributed by atoms with Gasteiger partial charge in [0.2, 0.25) is 0 Å². The third kappa shape index (κ3) is 3.46. The number of esters is 1. The van der Waals surface area contributed by atoms with Crippen molar-refractivity contribution in [1.82, 2.24) is 0 Å². The Balaban J connectivity index is 2.85. The van der Waals surface area contributed by atoms with E-state index in [1.165, 1.54) is 0 Å². The summed E-state index contributed by atoms with van der Waals surface area (Å²) in [7, 11) is 0. The van der Waals surface area contributed by atoms with Gasteiger partial charge < -0.3 is 15.6 Å². The maximum absolute atomic E-state index is 11.4. The minimum atomic E-state index is -0.734. The molecule has 1 rings (SSSR count). The van der Waals surface area contributed by atoms with Gasteiger partial charge in [0.1, 0.15) is 11.8 Å². The lowest BCUT2D eigenvalue weighted by atomic mass is 9.98. The molecule has 0 fully saturated rings. The Morgan fingerprint density at radius 3 is 2.65 bits per heavy atom. The van der Waals surface area contributed by atoms with Gasteiger partial charge in [0.05, 0.1) is 6.61 Å². The van der Waals surface area contributed by atoms with Crippen LogP contribution in [0.1, 0.15) is 23.6 Å². The molecule has 0 aromatic heterocycles. The molecule has 1 unspecified atom stereocenters. The zero-order chi connectivity index (χ0) is 13.0. The Kier molecular flexibility index (Phi) is 4.52. The van der Waals surface area contributed by atoms with Crippen LogP contribution < -0.4 is 5.73 Å². The lowest BCUT2D eigenvalue weighted by Gasteiger charge is -2.14. The molecule has 4 nitrogen and oxygen atoms in total. The van der Waals surface area contributed by atoms with Gasteiger partial charge in [0.15, 0.2) is 0 Å². The van der Waals surface area contributed by atoms with Crippen LogP contribution in [0.2, 0.25) is 0 Å². The molecular formula is C13H19NO3. The molecule has 0 saturated carbocycles. The summed E-state index contributed by atoms with van der Waals surface area (Å²) in [6.07, 6.45) is 0.288. The zero-order valence-corrected chi connectivity index (χ0v) is 10.5. The maximum Gasteiger partial charge on any atom is 0.323 e. The number of benzene rings is 1. The first-order chi connectivity index (χ1) is 7.95. The summed E-state index contributed by atoms with van der Waals surface area (Å²) < 4.78 is 4.83. The van der Waals surface area contributed by atoms with E-state index in [-0.39, 0.29) is 12.2 Å². The van der Waals surface area contributed by atoms with Crippen molar-refractivity contribution in [1.29, 1.82) is 0 Å². The lowest BCUT2D eigenvalue weighted by Crippen LogP contribution is -2.34. The van der Waals surface area contributed by atoms with Gasteiger partial charge >= 0.3 is 5.97 Å². The summed E-state index contributed by atoms with van der Waals surface area (Å²) in [4.78, 5) is 11.4. The van der Waals surface area contributed by atoms with Crippen molar-refractivity contribution in [2.75, 3.05) is 6.61 Å². The van der Waals surface area contributed by atoms with Crippen LogP contribution in [-0.2, 0) is 16.0 Å². The van der Waals surface area contributed by atoms with E-state index in [4.69, 9.17) is 10.5 Å². The molecule has 0 aliphatic carbocycles. The number of carbonyl (C=O) groups is 1. The number of carbonyl (C=O) groups excluding carboxylic acids is 1. The molecule has 0 aliphatic rings. The highest BCUT2D eigenvalue weighted by atomic mass is 16.5. The Labute approximate surface area is 101 Å². The third-order valence-electron chi connectivity index (χ3n) is 2.61. The number of phenols is 1. The van der Waals surface area contributed by atoms with Gasteiger partial charge in [-0.1, -0.05) is 6.07 Å². The molecule has 0 aliphatic heterocycles. The molecule has 0 heterocycles. The standard InChI is InChI=1S/C13H19NO3/c1-4-17-13(16)11(14)7-10-9(3)5-8(2)6-12(10)15/h5-6,11,15H,4,7,14H2,1-3H3. The minimum Gasteiger partial charge on any atom is -0.508 e. The minimum absolute atomic E-state index is 0.183. The number of rotatable bonds is 4. The van der Waals surface area contributed by atoms with Crippen molar-refractivity contribution in [2.24, 2.45) is 5.73 Å². The first kappa shape index (κ1) is 13.5. The molecule has 3 N–H and O–H groups in total. The van der Waals surface area contributed by atoms with E-state index >= 15 is 0 Å². The second-order valence-electron chi connectivity index (χ2n) is 4.14. The zero-order valence-electron chi connectivity index (χ0n) is 10.5. The van der Waals surface area contributed by atoms with Gasteiger partial charge in [-0.05, 0) is 43.5 Å². The number of nitrogens with two attached hydrogens (primary N) is 1. The summed E-state index contributed by atoms with van der Waals surface area (Å²) >= 11 is 0. The van der Waals surface area contributed by atoms with E-state index in [1.54, 1.807) is 13.0 Å². The number of hydrogen-bond acceptors (Lipinski definition) is 4. The van der Waals surface area contributed by atoms with Crippen molar-refractivity contribution in [3.63, 3.8) is 0 Å². The van der Waals surface area contributed by atoms with Crippen LogP contribution >= 0.6 is 0 Å². The number of phenolic OH excluding ortho intramolecular Hbond substituents is 1. The van der Waals surface area contributed by atoms with Crippen LogP contribution in [0, 0.1) is 13.8 Å². The highest BCUT2D eigenvalue weighted by molar-refractivity contribution is 5.76. The van der Waals surface area contributed by atoms with Crippen LogP contribution in [0.3, 0.4) is 0 Å². The summed E-state index contributed by atoms with van der Waals surface area (Å²) in [6, 6.07) is 2.88. The number of aryl methyl sites for hydroxylation is 2. The Morgan fingerprint density at radius 2 is 2.12 bits per heavy atom. The van der Waals surface area contributed by atoms with Gasteiger partial charge in [-0.3, -0.25) is 4.79 Å². The van der Waals surface area contributed by atoms with Gasteiger partial charge in [0, 0.05) is 6.42 Å². The normalized spacial score (nSPS) is 12.2. The lowest BCUT2D eigenvalue weighted by molar-refractivity contribution is -0.144. The molecule has 4 heteroatoms. The van der Waals surface area contributed by atoms with Crippen LogP contribution in [0.15, 0.2) is 12.1 Å². The topological polar surface area (TPSA) is 72.5 Å². The van der Waals surface area contributed by atoms with E-state index in [0.717, 1.165) is 11.1 Å². The predicted molar refractivity (Wildman–Crippen MR) is 65.9 cm³/mol. The number of ether oxygens (including phenoxy) is 1. The van der Waals surface area contributed by atoms with E-state index in [0.29, 0.717) is 12.2 Å². The van der Waals surface area contributed by atoms with Gasteiger partial charge in [-0.25, -0.2) is 0 Å². The molecular weight excluding hydrogens is 218 g/mol. The largest absolute Gasteiger partial charge is 0.508 e. The van der Waals surface area contributed by atoms with Gasteiger partial charge in [-0.2, -0.15) is 0 Å². The molecule has 0 radical (unpaired) electrons. The molecule has 1 atom stereocenters. The summed E-state index contributed by atoms with van der Waals surface area (Å²) in [5.41, 5.74) is 8.34. The fourth-order valence-electron chi connectivity index (χ4n) is 1.79. The van der Waals surface area contributed by atoms with E-state index in [9.17, 15) is 9.90 Å². The van der Waals surface area contributed by atoms with Crippen LogP contribution in [0.25, 0.3) is 0 Å². The first-order valence-electron chi connectivity index (χ1n) is 5.67.